The Balaban J connectivity index is 1.43. The van der Waals surface area contributed by atoms with Gasteiger partial charge in [0.05, 0.1) is 48.2 Å². The quantitative estimate of drug-likeness (QED) is 0.454. The fraction of sp³-hybridized carbons (Fsp3) is 0.455. The highest BCUT2D eigenvalue weighted by Gasteiger charge is 2.46. The number of nitrogens with zero attached hydrogens (tertiary/aromatic N) is 5. The SMILES string of the molecule is CO[C@@H]1C(C(=O)NCc2ccc(-n3nncc3-c3cncn3C)cc2)C[C@@H](OC)[C@@H](O)[C@H]1O. The molecule has 0 aliphatic heterocycles. The lowest BCUT2D eigenvalue weighted by molar-refractivity contribution is -0.180. The van der Waals surface area contributed by atoms with Gasteiger partial charge in [-0.05, 0) is 24.1 Å². The van der Waals surface area contributed by atoms with Gasteiger partial charge in [0.25, 0.3) is 0 Å². The zero-order valence-corrected chi connectivity index (χ0v) is 18.7. The molecule has 4 rings (SSSR count). The Kier molecular flexibility index (Phi) is 6.84. The zero-order chi connectivity index (χ0) is 23.5. The molecule has 33 heavy (non-hydrogen) atoms. The summed E-state index contributed by atoms with van der Waals surface area (Å²) in [6.45, 7) is 0.300. The predicted octanol–water partition coefficient (Wildman–Crippen LogP) is 0.0557. The van der Waals surface area contributed by atoms with Crippen molar-refractivity contribution in [3.8, 4) is 17.1 Å². The molecule has 2 heterocycles. The van der Waals surface area contributed by atoms with E-state index in [9.17, 15) is 15.0 Å². The Hall–Kier alpha value is -3.12. The Morgan fingerprint density at radius 3 is 2.52 bits per heavy atom. The molecule has 11 heteroatoms. The van der Waals surface area contributed by atoms with Gasteiger partial charge in [0.1, 0.15) is 17.9 Å². The first-order chi connectivity index (χ1) is 15.9. The van der Waals surface area contributed by atoms with Crippen molar-refractivity contribution in [3.63, 3.8) is 0 Å². The number of aromatic nitrogens is 5. The molecule has 1 unspecified atom stereocenters. The Morgan fingerprint density at radius 2 is 1.88 bits per heavy atom. The van der Waals surface area contributed by atoms with Crippen LogP contribution in [-0.4, -0.2) is 79.3 Å². The standard InChI is InChI=1S/C22H28N6O5/c1-27-12-23-10-16(27)17-11-25-26-28(17)14-6-4-13(5-7-14)9-24-22(31)15-8-18(32-2)19(29)20(30)21(15)33-3/h4-7,10-12,15,18-21,29-30H,8-9H2,1-3H3,(H,24,31)/t15?,18-,19-,20-,21-/m1/s1. The summed E-state index contributed by atoms with van der Waals surface area (Å²) in [4.78, 5) is 17.0. The van der Waals surface area contributed by atoms with Gasteiger partial charge < -0.3 is 29.6 Å². The molecule has 1 aliphatic carbocycles. The second-order valence-corrected chi connectivity index (χ2v) is 8.10. The van der Waals surface area contributed by atoms with Crippen molar-refractivity contribution >= 4 is 5.91 Å². The zero-order valence-electron chi connectivity index (χ0n) is 18.7. The topological polar surface area (TPSA) is 137 Å². The number of benzene rings is 1. The normalized spacial score (nSPS) is 25.2. The lowest BCUT2D eigenvalue weighted by Gasteiger charge is -2.40. The van der Waals surface area contributed by atoms with Crippen LogP contribution in [0, 0.1) is 5.92 Å². The van der Waals surface area contributed by atoms with E-state index in [4.69, 9.17) is 9.47 Å². The molecule has 1 aliphatic rings. The lowest BCUT2D eigenvalue weighted by Crippen LogP contribution is -2.58. The minimum atomic E-state index is -1.21. The highest BCUT2D eigenvalue weighted by atomic mass is 16.5. The van der Waals surface area contributed by atoms with Gasteiger partial charge in [-0.15, -0.1) is 5.10 Å². The van der Waals surface area contributed by atoms with Gasteiger partial charge in [-0.1, -0.05) is 17.3 Å². The molecular formula is C22H28N6O5. The van der Waals surface area contributed by atoms with E-state index < -0.39 is 30.3 Å². The van der Waals surface area contributed by atoms with Crippen LogP contribution in [0.5, 0.6) is 0 Å². The number of aryl methyl sites for hydroxylation is 1. The maximum atomic E-state index is 12.8. The van der Waals surface area contributed by atoms with E-state index >= 15 is 0 Å². The molecule has 1 aromatic carbocycles. The molecule has 11 nitrogen and oxygen atoms in total. The third kappa shape index (κ3) is 4.53. The third-order valence-electron chi connectivity index (χ3n) is 6.14. The summed E-state index contributed by atoms with van der Waals surface area (Å²) in [6, 6.07) is 7.59. The van der Waals surface area contributed by atoms with Crippen LogP contribution >= 0.6 is 0 Å². The van der Waals surface area contributed by atoms with E-state index in [1.165, 1.54) is 14.2 Å². The maximum Gasteiger partial charge on any atom is 0.226 e. The first kappa shape index (κ1) is 23.1. The summed E-state index contributed by atoms with van der Waals surface area (Å²) in [6.07, 6.45) is 1.63. The maximum absolute atomic E-state index is 12.8. The van der Waals surface area contributed by atoms with E-state index in [1.807, 2.05) is 35.9 Å². The fourth-order valence-corrected chi connectivity index (χ4v) is 4.25. The fourth-order valence-electron chi connectivity index (χ4n) is 4.25. The Labute approximate surface area is 191 Å². The number of methoxy groups -OCH3 is 2. The van der Waals surface area contributed by atoms with Gasteiger partial charge in [-0.2, -0.15) is 0 Å². The number of nitrogens with one attached hydrogen (secondary N) is 1. The van der Waals surface area contributed by atoms with Crippen LogP contribution in [0.2, 0.25) is 0 Å². The minimum Gasteiger partial charge on any atom is -0.388 e. The van der Waals surface area contributed by atoms with E-state index in [0.717, 1.165) is 22.6 Å². The first-order valence-corrected chi connectivity index (χ1v) is 10.6. The molecule has 2 aromatic heterocycles. The van der Waals surface area contributed by atoms with Gasteiger partial charge in [0, 0.05) is 27.8 Å². The smallest absolute Gasteiger partial charge is 0.226 e. The summed E-state index contributed by atoms with van der Waals surface area (Å²) in [5, 5.41) is 31.6. The number of hydrogen-bond acceptors (Lipinski definition) is 8. The molecule has 176 valence electrons. The van der Waals surface area contributed by atoms with Crippen molar-refractivity contribution in [2.75, 3.05) is 14.2 Å². The van der Waals surface area contributed by atoms with Crippen molar-refractivity contribution in [2.45, 2.75) is 37.4 Å². The third-order valence-corrected chi connectivity index (χ3v) is 6.14. The van der Waals surface area contributed by atoms with Crippen LogP contribution in [0.1, 0.15) is 12.0 Å². The second kappa shape index (κ2) is 9.79. The van der Waals surface area contributed by atoms with Crippen LogP contribution in [0.3, 0.4) is 0 Å². The number of hydrogen-bond donors (Lipinski definition) is 3. The van der Waals surface area contributed by atoms with Crippen molar-refractivity contribution < 1.29 is 24.5 Å². The largest absolute Gasteiger partial charge is 0.388 e. The van der Waals surface area contributed by atoms with Gasteiger partial charge in [0.15, 0.2) is 0 Å². The van der Waals surface area contributed by atoms with E-state index in [-0.39, 0.29) is 12.3 Å². The number of aliphatic hydroxyl groups excluding tert-OH is 2. The highest BCUT2D eigenvalue weighted by Crippen LogP contribution is 2.30. The predicted molar refractivity (Wildman–Crippen MR) is 117 cm³/mol. The summed E-state index contributed by atoms with van der Waals surface area (Å²) < 4.78 is 14.2. The second-order valence-electron chi connectivity index (χ2n) is 8.10. The molecule has 1 fully saturated rings. The highest BCUT2D eigenvalue weighted by molar-refractivity contribution is 5.79. The van der Waals surface area contributed by atoms with Crippen LogP contribution < -0.4 is 5.32 Å². The van der Waals surface area contributed by atoms with Crippen molar-refractivity contribution in [1.82, 2.24) is 29.9 Å². The van der Waals surface area contributed by atoms with Crippen LogP contribution in [0.4, 0.5) is 0 Å². The molecule has 1 amide bonds. The summed E-state index contributed by atoms with van der Waals surface area (Å²) in [7, 11) is 4.76. The average Bonchev–Trinajstić information content (AvgIpc) is 3.48. The number of aliphatic hydroxyl groups is 2. The lowest BCUT2D eigenvalue weighted by atomic mass is 9.80. The summed E-state index contributed by atoms with van der Waals surface area (Å²) in [5.74, 6) is -0.914. The van der Waals surface area contributed by atoms with E-state index in [0.29, 0.717) is 6.54 Å². The van der Waals surface area contributed by atoms with E-state index in [1.54, 1.807) is 23.4 Å². The van der Waals surface area contributed by atoms with Gasteiger partial charge in [-0.25, -0.2) is 9.67 Å². The molecule has 0 bridgehead atoms. The first-order valence-electron chi connectivity index (χ1n) is 10.6. The van der Waals surface area contributed by atoms with E-state index in [2.05, 4.69) is 20.6 Å². The molecule has 0 saturated heterocycles. The number of carbonyl (C=O) groups is 1. The minimum absolute atomic E-state index is 0.251. The number of ether oxygens (including phenoxy) is 2. The molecule has 0 spiro atoms. The molecular weight excluding hydrogens is 428 g/mol. The Morgan fingerprint density at radius 1 is 1.12 bits per heavy atom. The Bertz CT molecular complexity index is 1080. The number of rotatable bonds is 7. The molecule has 3 N–H and O–H groups in total. The van der Waals surface area contributed by atoms with Gasteiger partial charge in [0.2, 0.25) is 5.91 Å². The van der Waals surface area contributed by atoms with Crippen molar-refractivity contribution in [3.05, 3.63) is 48.5 Å². The monoisotopic (exact) mass is 456 g/mol. The number of carbonyl (C=O) groups excluding carboxylic acids is 1. The van der Waals surface area contributed by atoms with Crippen molar-refractivity contribution in [1.29, 1.82) is 0 Å². The summed E-state index contributed by atoms with van der Waals surface area (Å²) >= 11 is 0. The molecule has 3 aromatic rings. The summed E-state index contributed by atoms with van der Waals surface area (Å²) in [5.41, 5.74) is 3.42. The van der Waals surface area contributed by atoms with Crippen molar-refractivity contribution in [2.24, 2.45) is 13.0 Å². The average molecular weight is 457 g/mol. The van der Waals surface area contributed by atoms with Crippen LogP contribution in [-0.2, 0) is 27.9 Å². The molecule has 5 atom stereocenters. The molecule has 1 saturated carbocycles. The van der Waals surface area contributed by atoms with Gasteiger partial charge >= 0.3 is 0 Å². The number of imidazole rings is 1. The molecule has 0 radical (unpaired) electrons. The number of amides is 1. The van der Waals surface area contributed by atoms with Crippen LogP contribution in [0.25, 0.3) is 17.1 Å². The van der Waals surface area contributed by atoms with Crippen LogP contribution in [0.15, 0.2) is 43.0 Å². The van der Waals surface area contributed by atoms with Gasteiger partial charge in [-0.3, -0.25) is 4.79 Å².